The average molecular weight is 418 g/mol. The number of likely N-dealkylation sites (tertiary alicyclic amines) is 1. The molecule has 0 radical (unpaired) electrons. The Hall–Kier alpha value is -3.45. The first kappa shape index (κ1) is 20.8. The van der Waals surface area contributed by atoms with Gasteiger partial charge in [-0.25, -0.2) is 9.97 Å². The maximum absolute atomic E-state index is 12.8. The zero-order valence-corrected chi connectivity index (χ0v) is 17.6. The minimum atomic E-state index is -0.0552. The molecule has 1 aliphatic heterocycles. The van der Waals surface area contributed by atoms with Crippen LogP contribution in [-0.2, 0) is 4.79 Å². The van der Waals surface area contributed by atoms with E-state index < -0.39 is 0 Å². The summed E-state index contributed by atoms with van der Waals surface area (Å²) >= 11 is 0. The number of carbonyl (C=O) groups is 1. The normalized spacial score (nSPS) is 16.6. The molecule has 7 heteroatoms. The van der Waals surface area contributed by atoms with E-state index >= 15 is 0 Å². The van der Waals surface area contributed by atoms with E-state index in [0.29, 0.717) is 0 Å². The van der Waals surface area contributed by atoms with Gasteiger partial charge in [-0.2, -0.15) is 0 Å². The van der Waals surface area contributed by atoms with Crippen LogP contribution in [0.5, 0.6) is 5.75 Å². The van der Waals surface area contributed by atoms with Crippen molar-refractivity contribution in [2.75, 3.05) is 31.2 Å². The molecule has 160 valence electrons. The van der Waals surface area contributed by atoms with Crippen LogP contribution in [0.4, 0.5) is 11.6 Å². The SMILES string of the molecule is COc1ccc(NC(=O)CN2CCCC[C@@H]2c2nc(N)ncc2-c2ccccc2)cc1. The van der Waals surface area contributed by atoms with Crippen LogP contribution >= 0.6 is 0 Å². The molecule has 1 amide bonds. The summed E-state index contributed by atoms with van der Waals surface area (Å²) in [5.74, 6) is 0.951. The van der Waals surface area contributed by atoms with E-state index in [0.717, 1.165) is 54.1 Å². The summed E-state index contributed by atoms with van der Waals surface area (Å²) in [7, 11) is 1.62. The smallest absolute Gasteiger partial charge is 0.238 e. The van der Waals surface area contributed by atoms with Gasteiger partial charge in [-0.15, -0.1) is 0 Å². The third-order valence-corrected chi connectivity index (χ3v) is 5.57. The molecule has 2 aromatic carbocycles. The van der Waals surface area contributed by atoms with Gasteiger partial charge >= 0.3 is 0 Å². The van der Waals surface area contributed by atoms with Gasteiger partial charge < -0.3 is 15.8 Å². The average Bonchev–Trinajstić information content (AvgIpc) is 2.80. The van der Waals surface area contributed by atoms with Gasteiger partial charge in [0.1, 0.15) is 5.75 Å². The molecule has 7 nitrogen and oxygen atoms in total. The highest BCUT2D eigenvalue weighted by Gasteiger charge is 2.29. The van der Waals surface area contributed by atoms with Crippen LogP contribution in [0.15, 0.2) is 60.8 Å². The minimum absolute atomic E-state index is 0.0101. The van der Waals surface area contributed by atoms with Crippen molar-refractivity contribution in [1.82, 2.24) is 14.9 Å². The van der Waals surface area contributed by atoms with Gasteiger partial charge in [0.25, 0.3) is 0 Å². The Morgan fingerprint density at radius 3 is 2.68 bits per heavy atom. The fraction of sp³-hybridized carbons (Fsp3) is 0.292. The Morgan fingerprint density at radius 2 is 1.94 bits per heavy atom. The molecule has 0 bridgehead atoms. The number of aromatic nitrogens is 2. The molecule has 0 spiro atoms. The number of rotatable bonds is 6. The number of carbonyl (C=O) groups excluding carboxylic acids is 1. The van der Waals surface area contributed by atoms with Gasteiger partial charge in [0.15, 0.2) is 0 Å². The quantitative estimate of drug-likeness (QED) is 0.632. The lowest BCUT2D eigenvalue weighted by Crippen LogP contribution is -2.40. The van der Waals surface area contributed by atoms with Crippen LogP contribution in [0.25, 0.3) is 11.1 Å². The number of ether oxygens (including phenoxy) is 1. The topological polar surface area (TPSA) is 93.4 Å². The first-order chi connectivity index (χ1) is 15.1. The number of hydrogen-bond acceptors (Lipinski definition) is 6. The second-order valence-electron chi connectivity index (χ2n) is 7.65. The van der Waals surface area contributed by atoms with Gasteiger partial charge in [-0.3, -0.25) is 9.69 Å². The number of hydrogen-bond donors (Lipinski definition) is 2. The summed E-state index contributed by atoms with van der Waals surface area (Å²) in [6.07, 6.45) is 4.84. The number of methoxy groups -OCH3 is 1. The molecule has 4 rings (SSSR count). The number of nitrogens with one attached hydrogen (secondary N) is 1. The number of amides is 1. The molecule has 1 atom stereocenters. The molecule has 2 heterocycles. The Morgan fingerprint density at radius 1 is 1.16 bits per heavy atom. The standard InChI is InChI=1S/C24H27N5O2/c1-31-19-12-10-18(11-13-19)27-22(30)16-29-14-6-5-9-21(29)23-20(15-26-24(25)28-23)17-7-3-2-4-8-17/h2-4,7-8,10-13,15,21H,5-6,9,14,16H2,1H3,(H,27,30)(H2,25,26,28)/t21-/m1/s1. The summed E-state index contributed by atoms with van der Waals surface area (Å²) in [5.41, 5.74) is 9.59. The van der Waals surface area contributed by atoms with Crippen molar-refractivity contribution in [1.29, 1.82) is 0 Å². The summed E-state index contributed by atoms with van der Waals surface area (Å²) in [5, 5.41) is 2.98. The van der Waals surface area contributed by atoms with Crippen LogP contribution in [0.3, 0.4) is 0 Å². The van der Waals surface area contributed by atoms with Crippen molar-refractivity contribution in [3.8, 4) is 16.9 Å². The first-order valence-electron chi connectivity index (χ1n) is 10.5. The molecule has 3 N–H and O–H groups in total. The summed E-state index contributed by atoms with van der Waals surface area (Å²) in [4.78, 5) is 23.8. The third kappa shape index (κ3) is 5.00. The van der Waals surface area contributed by atoms with E-state index in [9.17, 15) is 4.79 Å². The molecule has 0 aliphatic carbocycles. The highest BCUT2D eigenvalue weighted by molar-refractivity contribution is 5.92. The van der Waals surface area contributed by atoms with Gasteiger partial charge in [0.2, 0.25) is 11.9 Å². The van der Waals surface area contributed by atoms with Gasteiger partial charge in [0, 0.05) is 17.4 Å². The lowest BCUT2D eigenvalue weighted by atomic mass is 9.94. The van der Waals surface area contributed by atoms with Crippen molar-refractivity contribution in [3.63, 3.8) is 0 Å². The molecular weight excluding hydrogens is 390 g/mol. The van der Waals surface area contributed by atoms with Gasteiger partial charge in [-0.05, 0) is 49.2 Å². The van der Waals surface area contributed by atoms with E-state index in [1.54, 1.807) is 13.3 Å². The van der Waals surface area contributed by atoms with Crippen molar-refractivity contribution in [3.05, 3.63) is 66.5 Å². The highest BCUT2D eigenvalue weighted by atomic mass is 16.5. The summed E-state index contributed by atoms with van der Waals surface area (Å²) in [6.45, 7) is 1.12. The van der Waals surface area contributed by atoms with E-state index in [1.807, 2.05) is 54.6 Å². The number of anilines is 2. The first-order valence-corrected chi connectivity index (χ1v) is 10.5. The maximum Gasteiger partial charge on any atom is 0.238 e. The maximum atomic E-state index is 12.8. The van der Waals surface area contributed by atoms with Crippen LogP contribution in [0, 0.1) is 0 Å². The molecule has 31 heavy (non-hydrogen) atoms. The third-order valence-electron chi connectivity index (χ3n) is 5.57. The lowest BCUT2D eigenvalue weighted by Gasteiger charge is -2.35. The van der Waals surface area contributed by atoms with Crippen LogP contribution < -0.4 is 15.8 Å². The molecule has 1 saturated heterocycles. The molecule has 1 fully saturated rings. The Labute approximate surface area is 182 Å². The molecular formula is C24H27N5O2. The number of piperidine rings is 1. The Kier molecular flexibility index (Phi) is 6.43. The van der Waals surface area contributed by atoms with Gasteiger partial charge in [-0.1, -0.05) is 36.8 Å². The monoisotopic (exact) mass is 417 g/mol. The predicted octanol–water partition coefficient (Wildman–Crippen LogP) is 3.90. The van der Waals surface area contributed by atoms with E-state index in [-0.39, 0.29) is 24.4 Å². The Balaban J connectivity index is 1.55. The van der Waals surface area contributed by atoms with Crippen molar-refractivity contribution < 1.29 is 9.53 Å². The number of nitrogens with two attached hydrogens (primary N) is 1. The second kappa shape index (κ2) is 9.57. The highest BCUT2D eigenvalue weighted by Crippen LogP contribution is 2.35. The zero-order valence-electron chi connectivity index (χ0n) is 17.6. The molecule has 0 saturated carbocycles. The van der Waals surface area contributed by atoms with E-state index in [4.69, 9.17) is 10.5 Å². The fourth-order valence-electron chi connectivity index (χ4n) is 4.05. The second-order valence-corrected chi connectivity index (χ2v) is 7.65. The minimum Gasteiger partial charge on any atom is -0.497 e. The molecule has 1 aromatic heterocycles. The predicted molar refractivity (Wildman–Crippen MR) is 122 cm³/mol. The molecule has 3 aromatic rings. The van der Waals surface area contributed by atoms with E-state index in [2.05, 4.69) is 20.2 Å². The molecule has 0 unspecified atom stereocenters. The summed E-state index contributed by atoms with van der Waals surface area (Å²) < 4.78 is 5.17. The van der Waals surface area contributed by atoms with Crippen molar-refractivity contribution >= 4 is 17.5 Å². The lowest BCUT2D eigenvalue weighted by molar-refractivity contribution is -0.118. The van der Waals surface area contributed by atoms with Gasteiger partial charge in [0.05, 0.1) is 25.4 Å². The van der Waals surface area contributed by atoms with Crippen molar-refractivity contribution in [2.45, 2.75) is 25.3 Å². The number of nitrogen functional groups attached to an aromatic ring is 1. The largest absolute Gasteiger partial charge is 0.497 e. The van der Waals surface area contributed by atoms with Crippen LogP contribution in [0.1, 0.15) is 31.0 Å². The van der Waals surface area contributed by atoms with Crippen LogP contribution in [-0.4, -0.2) is 41.0 Å². The van der Waals surface area contributed by atoms with E-state index in [1.165, 1.54) is 0 Å². The Bertz CT molecular complexity index is 1020. The number of benzene rings is 2. The molecule has 1 aliphatic rings. The summed E-state index contributed by atoms with van der Waals surface area (Å²) in [6, 6.07) is 17.4. The fourth-order valence-corrected chi connectivity index (χ4v) is 4.05. The zero-order chi connectivity index (χ0) is 21.6. The van der Waals surface area contributed by atoms with Crippen LogP contribution in [0.2, 0.25) is 0 Å². The number of nitrogens with zero attached hydrogens (tertiary/aromatic N) is 3. The van der Waals surface area contributed by atoms with Crippen molar-refractivity contribution in [2.24, 2.45) is 0 Å².